The Morgan fingerprint density at radius 2 is 2.14 bits per heavy atom. The van der Waals surface area contributed by atoms with Crippen molar-refractivity contribution in [2.75, 3.05) is 6.54 Å². The van der Waals surface area contributed by atoms with E-state index in [0.29, 0.717) is 12.2 Å². The molecule has 0 bridgehead atoms. The lowest BCUT2D eigenvalue weighted by molar-refractivity contribution is 0.0933. The molecule has 1 unspecified atom stereocenters. The van der Waals surface area contributed by atoms with Crippen molar-refractivity contribution < 1.29 is 4.79 Å². The molecule has 3 rings (SSSR count). The number of benzene rings is 1. The number of carbonyl (C=O) groups excluding carboxylic acids is 1. The Labute approximate surface area is 136 Å². The maximum absolute atomic E-state index is 12.5. The van der Waals surface area contributed by atoms with Gasteiger partial charge in [-0.1, -0.05) is 24.3 Å². The van der Waals surface area contributed by atoms with Crippen molar-refractivity contribution >= 4 is 18.3 Å². The molecule has 1 atom stereocenters. The number of nitrogens with zero attached hydrogens (tertiary/aromatic N) is 1. The number of nitrogens with one attached hydrogen (secondary N) is 3. The fourth-order valence-electron chi connectivity index (χ4n) is 2.83. The van der Waals surface area contributed by atoms with E-state index in [9.17, 15) is 4.79 Å². The highest BCUT2D eigenvalue weighted by Crippen LogP contribution is 2.19. The van der Waals surface area contributed by atoms with E-state index >= 15 is 0 Å². The number of amides is 1. The van der Waals surface area contributed by atoms with E-state index in [0.717, 1.165) is 29.8 Å². The van der Waals surface area contributed by atoms with Gasteiger partial charge in [-0.3, -0.25) is 9.89 Å². The summed E-state index contributed by atoms with van der Waals surface area (Å²) in [5, 5.41) is 13.5. The number of aryl methyl sites for hydroxylation is 1. The predicted molar refractivity (Wildman–Crippen MR) is 88.3 cm³/mol. The van der Waals surface area contributed by atoms with Crippen LogP contribution < -0.4 is 10.6 Å². The number of aromatic nitrogens is 2. The van der Waals surface area contributed by atoms with Gasteiger partial charge in [0, 0.05) is 30.8 Å². The van der Waals surface area contributed by atoms with Crippen molar-refractivity contribution in [2.45, 2.75) is 32.9 Å². The van der Waals surface area contributed by atoms with Crippen LogP contribution in [-0.4, -0.2) is 22.6 Å². The van der Waals surface area contributed by atoms with Gasteiger partial charge in [0.15, 0.2) is 5.69 Å². The van der Waals surface area contributed by atoms with Crippen LogP contribution in [0.5, 0.6) is 0 Å². The van der Waals surface area contributed by atoms with E-state index in [1.807, 2.05) is 25.1 Å². The number of halogens is 1. The summed E-state index contributed by atoms with van der Waals surface area (Å²) in [7, 11) is 0. The summed E-state index contributed by atoms with van der Waals surface area (Å²) in [6.07, 6.45) is 0.892. The zero-order chi connectivity index (χ0) is 14.8. The molecule has 2 aromatic rings. The molecule has 1 aliphatic rings. The first-order valence-electron chi connectivity index (χ1n) is 7.30. The van der Waals surface area contributed by atoms with Gasteiger partial charge >= 0.3 is 0 Å². The zero-order valence-electron chi connectivity index (χ0n) is 12.8. The van der Waals surface area contributed by atoms with Crippen LogP contribution in [0.2, 0.25) is 0 Å². The lowest BCUT2D eigenvalue weighted by Crippen LogP contribution is -2.30. The van der Waals surface area contributed by atoms with Crippen LogP contribution in [-0.2, 0) is 13.0 Å². The molecule has 1 amide bonds. The Bertz CT molecular complexity index is 668. The molecular formula is C16H21ClN4O. The molecule has 0 saturated heterocycles. The second-order valence-corrected chi connectivity index (χ2v) is 5.51. The molecule has 118 valence electrons. The first-order valence-corrected chi connectivity index (χ1v) is 7.30. The lowest BCUT2D eigenvalue weighted by Gasteiger charge is -2.17. The van der Waals surface area contributed by atoms with Crippen LogP contribution in [0.15, 0.2) is 24.3 Å². The third-order valence-corrected chi connectivity index (χ3v) is 4.02. The molecule has 6 heteroatoms. The summed E-state index contributed by atoms with van der Waals surface area (Å²) in [6, 6.07) is 8.05. The average Bonchev–Trinajstić information content (AvgIpc) is 2.91. The molecule has 0 spiro atoms. The molecule has 1 aliphatic heterocycles. The highest BCUT2D eigenvalue weighted by atomic mass is 35.5. The van der Waals surface area contributed by atoms with Crippen LogP contribution in [0.1, 0.15) is 45.8 Å². The summed E-state index contributed by atoms with van der Waals surface area (Å²) in [4.78, 5) is 12.5. The number of hydrogen-bond acceptors (Lipinski definition) is 3. The highest BCUT2D eigenvalue weighted by molar-refractivity contribution is 5.94. The van der Waals surface area contributed by atoms with Crippen molar-refractivity contribution in [1.82, 2.24) is 20.8 Å². The first kappa shape index (κ1) is 16.5. The lowest BCUT2D eigenvalue weighted by atomic mass is 10.0. The minimum absolute atomic E-state index is 0. The van der Waals surface area contributed by atoms with Crippen molar-refractivity contribution in [3.8, 4) is 0 Å². The zero-order valence-corrected chi connectivity index (χ0v) is 13.6. The smallest absolute Gasteiger partial charge is 0.272 e. The Hall–Kier alpha value is -1.85. The van der Waals surface area contributed by atoms with Gasteiger partial charge in [0.05, 0.1) is 6.04 Å². The summed E-state index contributed by atoms with van der Waals surface area (Å²) in [5.41, 5.74) is 4.89. The molecule has 3 N–H and O–H groups in total. The van der Waals surface area contributed by atoms with E-state index in [-0.39, 0.29) is 24.4 Å². The van der Waals surface area contributed by atoms with Gasteiger partial charge in [-0.15, -0.1) is 12.4 Å². The quantitative estimate of drug-likeness (QED) is 0.812. The van der Waals surface area contributed by atoms with Gasteiger partial charge in [-0.2, -0.15) is 5.10 Å². The fraction of sp³-hybridized carbons (Fsp3) is 0.375. The van der Waals surface area contributed by atoms with Crippen molar-refractivity contribution in [1.29, 1.82) is 0 Å². The molecular weight excluding hydrogens is 300 g/mol. The number of aromatic amines is 1. The molecule has 22 heavy (non-hydrogen) atoms. The van der Waals surface area contributed by atoms with E-state index in [1.165, 1.54) is 5.56 Å². The molecule has 2 heterocycles. The standard InChI is InChI=1S/C16H20N4O.ClH/c1-10-5-3-4-6-12(10)11(2)18-16(21)15-13-9-17-8-7-14(13)19-20-15;/h3-6,11,17H,7-9H2,1-2H3,(H,18,21)(H,19,20);1H. The SMILES string of the molecule is Cc1ccccc1C(C)NC(=O)c1n[nH]c2c1CNCC2.Cl. The normalized spacial score (nSPS) is 14.6. The molecule has 0 radical (unpaired) electrons. The molecule has 0 saturated carbocycles. The molecule has 1 aromatic heterocycles. The third kappa shape index (κ3) is 3.15. The number of H-pyrrole nitrogens is 1. The van der Waals surface area contributed by atoms with Crippen molar-refractivity contribution in [3.05, 3.63) is 52.3 Å². The third-order valence-electron chi connectivity index (χ3n) is 4.02. The second kappa shape index (κ2) is 6.94. The van der Waals surface area contributed by atoms with Crippen LogP contribution >= 0.6 is 12.4 Å². The second-order valence-electron chi connectivity index (χ2n) is 5.51. The number of fused-ring (bicyclic) bond motifs is 1. The monoisotopic (exact) mass is 320 g/mol. The fourth-order valence-corrected chi connectivity index (χ4v) is 2.83. The van der Waals surface area contributed by atoms with Crippen LogP contribution in [0.25, 0.3) is 0 Å². The van der Waals surface area contributed by atoms with Crippen LogP contribution in [0.3, 0.4) is 0 Å². The summed E-state index contributed by atoms with van der Waals surface area (Å²) >= 11 is 0. The largest absolute Gasteiger partial charge is 0.344 e. The minimum Gasteiger partial charge on any atom is -0.344 e. The number of rotatable bonds is 3. The maximum Gasteiger partial charge on any atom is 0.272 e. The molecule has 5 nitrogen and oxygen atoms in total. The van der Waals surface area contributed by atoms with Gasteiger partial charge in [0.2, 0.25) is 0 Å². The Kier molecular flexibility index (Phi) is 5.21. The van der Waals surface area contributed by atoms with E-state index in [2.05, 4.69) is 33.8 Å². The molecule has 1 aromatic carbocycles. The van der Waals surface area contributed by atoms with Gasteiger partial charge in [-0.05, 0) is 25.0 Å². The minimum atomic E-state index is -0.119. The Morgan fingerprint density at radius 1 is 1.36 bits per heavy atom. The van der Waals surface area contributed by atoms with Gasteiger partial charge in [0.25, 0.3) is 5.91 Å². The van der Waals surface area contributed by atoms with E-state index in [4.69, 9.17) is 0 Å². The highest BCUT2D eigenvalue weighted by Gasteiger charge is 2.22. The summed E-state index contributed by atoms with van der Waals surface area (Å²) < 4.78 is 0. The van der Waals surface area contributed by atoms with Gasteiger partial charge in [0.1, 0.15) is 0 Å². The van der Waals surface area contributed by atoms with Gasteiger partial charge < -0.3 is 10.6 Å². The van der Waals surface area contributed by atoms with E-state index < -0.39 is 0 Å². The van der Waals surface area contributed by atoms with E-state index in [1.54, 1.807) is 0 Å². The Balaban J connectivity index is 0.00000176. The van der Waals surface area contributed by atoms with Crippen molar-refractivity contribution in [3.63, 3.8) is 0 Å². The average molecular weight is 321 g/mol. The topological polar surface area (TPSA) is 69.8 Å². The summed E-state index contributed by atoms with van der Waals surface area (Å²) in [6.45, 7) is 5.68. The summed E-state index contributed by atoms with van der Waals surface area (Å²) in [5.74, 6) is -0.119. The molecule has 0 aliphatic carbocycles. The number of carbonyl (C=O) groups is 1. The Morgan fingerprint density at radius 3 is 2.91 bits per heavy atom. The van der Waals surface area contributed by atoms with Gasteiger partial charge in [-0.25, -0.2) is 0 Å². The molecule has 0 fully saturated rings. The van der Waals surface area contributed by atoms with Crippen LogP contribution in [0.4, 0.5) is 0 Å². The number of hydrogen-bond donors (Lipinski definition) is 3. The first-order chi connectivity index (χ1) is 10.2. The van der Waals surface area contributed by atoms with Crippen LogP contribution in [0, 0.1) is 6.92 Å². The maximum atomic E-state index is 12.5. The predicted octanol–water partition coefficient (Wildman–Crippen LogP) is 2.28. The van der Waals surface area contributed by atoms with Crippen molar-refractivity contribution in [2.24, 2.45) is 0 Å².